The predicted octanol–water partition coefficient (Wildman–Crippen LogP) is 2.16. The van der Waals surface area contributed by atoms with Gasteiger partial charge in [0.1, 0.15) is 0 Å². The van der Waals surface area contributed by atoms with Gasteiger partial charge in [-0.05, 0) is 40.5 Å². The number of hydrogen-bond donors (Lipinski definition) is 1. The maximum atomic E-state index is 5.98. The first-order valence-corrected chi connectivity index (χ1v) is 5.55. The van der Waals surface area contributed by atoms with Gasteiger partial charge in [-0.2, -0.15) is 0 Å². The van der Waals surface area contributed by atoms with Crippen LogP contribution in [0.15, 0.2) is 11.1 Å². The first-order chi connectivity index (χ1) is 6.38. The maximum absolute atomic E-state index is 5.98. The lowest BCUT2D eigenvalue weighted by Crippen LogP contribution is -2.39. The summed E-state index contributed by atoms with van der Waals surface area (Å²) in [5.74, 6) is 0. The first kappa shape index (κ1) is 11.7. The molecule has 82 valence electrons. The summed E-state index contributed by atoms with van der Waals surface area (Å²) in [6.45, 7) is 12.2. The molecule has 1 heterocycles. The molecule has 0 bridgehead atoms. The van der Waals surface area contributed by atoms with Crippen LogP contribution in [0, 0.1) is 0 Å². The van der Waals surface area contributed by atoms with Crippen molar-refractivity contribution in [1.29, 1.82) is 0 Å². The highest BCUT2D eigenvalue weighted by Gasteiger charge is 2.17. The molecule has 0 aromatic carbocycles. The number of nitrogens with two attached hydrogens (primary N) is 1. The molecular weight excluding hydrogens is 172 g/mol. The van der Waals surface area contributed by atoms with Crippen LogP contribution in [0.4, 0.5) is 0 Å². The zero-order chi connectivity index (χ0) is 10.8. The third kappa shape index (κ3) is 3.81. The second kappa shape index (κ2) is 4.45. The Hall–Kier alpha value is -0.340. The lowest BCUT2D eigenvalue weighted by atomic mass is 9.99. The summed E-state index contributed by atoms with van der Waals surface area (Å²) in [4.78, 5) is 2.51. The van der Waals surface area contributed by atoms with Crippen molar-refractivity contribution >= 4 is 0 Å². The van der Waals surface area contributed by atoms with E-state index in [1.54, 1.807) is 11.1 Å². The largest absolute Gasteiger partial charge is 0.326 e. The van der Waals surface area contributed by atoms with Crippen LogP contribution in [-0.2, 0) is 0 Å². The van der Waals surface area contributed by atoms with Gasteiger partial charge in [-0.3, -0.25) is 4.90 Å². The van der Waals surface area contributed by atoms with Crippen LogP contribution < -0.4 is 5.73 Å². The van der Waals surface area contributed by atoms with Crippen molar-refractivity contribution in [3.8, 4) is 0 Å². The quantitative estimate of drug-likeness (QED) is 0.701. The van der Waals surface area contributed by atoms with Crippen molar-refractivity contribution < 1.29 is 0 Å². The average molecular weight is 196 g/mol. The van der Waals surface area contributed by atoms with Crippen LogP contribution in [0.3, 0.4) is 0 Å². The molecule has 0 saturated heterocycles. The van der Waals surface area contributed by atoms with E-state index < -0.39 is 0 Å². The fourth-order valence-corrected chi connectivity index (χ4v) is 1.73. The molecule has 2 N–H and O–H groups in total. The van der Waals surface area contributed by atoms with E-state index in [9.17, 15) is 0 Å². The number of nitrogens with zero attached hydrogens (tertiary/aromatic N) is 1. The van der Waals surface area contributed by atoms with E-state index in [0.29, 0.717) is 0 Å². The van der Waals surface area contributed by atoms with Gasteiger partial charge >= 0.3 is 0 Å². The summed E-state index contributed by atoms with van der Waals surface area (Å²) >= 11 is 0. The Morgan fingerprint density at radius 1 is 1.29 bits per heavy atom. The van der Waals surface area contributed by atoms with E-state index in [2.05, 4.69) is 32.6 Å². The molecule has 2 nitrogen and oxygen atoms in total. The maximum Gasteiger partial charge on any atom is 0.0192 e. The van der Waals surface area contributed by atoms with Gasteiger partial charge < -0.3 is 5.73 Å². The molecule has 0 aromatic rings. The second-order valence-corrected chi connectivity index (χ2v) is 5.33. The minimum atomic E-state index is -0.0237. The van der Waals surface area contributed by atoms with Gasteiger partial charge in [0.2, 0.25) is 0 Å². The Morgan fingerprint density at radius 3 is 2.43 bits per heavy atom. The van der Waals surface area contributed by atoms with Crippen molar-refractivity contribution in [2.75, 3.05) is 19.6 Å². The average Bonchev–Trinajstić information content (AvgIpc) is 2.06. The van der Waals surface area contributed by atoms with Crippen molar-refractivity contribution in [3.63, 3.8) is 0 Å². The minimum absolute atomic E-state index is 0.0237. The van der Waals surface area contributed by atoms with E-state index in [1.165, 1.54) is 13.0 Å². The highest BCUT2D eigenvalue weighted by Crippen LogP contribution is 2.17. The summed E-state index contributed by atoms with van der Waals surface area (Å²) in [5.41, 5.74) is 9.08. The summed E-state index contributed by atoms with van der Waals surface area (Å²) in [6, 6.07) is 0. The Morgan fingerprint density at radius 2 is 1.93 bits per heavy atom. The molecule has 1 aliphatic heterocycles. The van der Waals surface area contributed by atoms with Crippen molar-refractivity contribution in [2.45, 2.75) is 46.1 Å². The monoisotopic (exact) mass is 196 g/mol. The van der Waals surface area contributed by atoms with Crippen molar-refractivity contribution in [1.82, 2.24) is 4.90 Å². The Balaban J connectivity index is 2.36. The molecule has 0 fully saturated rings. The van der Waals surface area contributed by atoms with Crippen LogP contribution in [0.2, 0.25) is 0 Å². The fraction of sp³-hybridized carbons (Fsp3) is 0.833. The first-order valence-electron chi connectivity index (χ1n) is 5.55. The van der Waals surface area contributed by atoms with Crippen LogP contribution in [0.5, 0.6) is 0 Å². The van der Waals surface area contributed by atoms with Crippen LogP contribution in [0.25, 0.3) is 0 Å². The molecule has 0 atom stereocenters. The molecule has 0 unspecified atom stereocenters. The van der Waals surface area contributed by atoms with E-state index in [1.807, 2.05) is 0 Å². The molecule has 0 saturated carbocycles. The van der Waals surface area contributed by atoms with Crippen LogP contribution >= 0.6 is 0 Å². The molecular formula is C12H24N2. The molecule has 1 rings (SSSR count). The standard InChI is InChI=1S/C12H24N2/c1-10-5-7-14(9-11(10)2)8-6-12(3,4)13/h5-9,13H2,1-4H3. The third-order valence-electron chi connectivity index (χ3n) is 3.06. The molecule has 14 heavy (non-hydrogen) atoms. The van der Waals surface area contributed by atoms with Crippen LogP contribution in [-0.4, -0.2) is 30.1 Å². The molecule has 2 heteroatoms. The summed E-state index contributed by atoms with van der Waals surface area (Å²) in [5, 5.41) is 0. The summed E-state index contributed by atoms with van der Waals surface area (Å²) in [6.07, 6.45) is 2.32. The fourth-order valence-electron chi connectivity index (χ4n) is 1.73. The Labute approximate surface area is 88.2 Å². The minimum Gasteiger partial charge on any atom is -0.326 e. The summed E-state index contributed by atoms with van der Waals surface area (Å²) in [7, 11) is 0. The van der Waals surface area contributed by atoms with Crippen molar-refractivity contribution in [2.24, 2.45) is 5.73 Å². The normalized spacial score (nSPS) is 20.4. The molecule has 1 aliphatic rings. The lowest BCUT2D eigenvalue weighted by Gasteiger charge is -2.31. The van der Waals surface area contributed by atoms with E-state index in [-0.39, 0.29) is 5.54 Å². The number of rotatable bonds is 3. The summed E-state index contributed by atoms with van der Waals surface area (Å²) < 4.78 is 0. The van der Waals surface area contributed by atoms with E-state index >= 15 is 0 Å². The predicted molar refractivity (Wildman–Crippen MR) is 62.3 cm³/mol. The lowest BCUT2D eigenvalue weighted by molar-refractivity contribution is 0.257. The Kier molecular flexibility index (Phi) is 3.73. The van der Waals surface area contributed by atoms with Gasteiger partial charge in [-0.25, -0.2) is 0 Å². The number of hydrogen-bond acceptors (Lipinski definition) is 2. The van der Waals surface area contributed by atoms with Gasteiger partial charge in [0.15, 0.2) is 0 Å². The molecule has 0 radical (unpaired) electrons. The van der Waals surface area contributed by atoms with Gasteiger partial charge in [0.05, 0.1) is 0 Å². The van der Waals surface area contributed by atoms with E-state index in [0.717, 1.165) is 19.5 Å². The highest BCUT2D eigenvalue weighted by molar-refractivity contribution is 5.14. The van der Waals surface area contributed by atoms with E-state index in [4.69, 9.17) is 5.73 Å². The molecule has 0 aromatic heterocycles. The smallest absolute Gasteiger partial charge is 0.0192 e. The second-order valence-electron chi connectivity index (χ2n) is 5.33. The zero-order valence-electron chi connectivity index (χ0n) is 10.1. The van der Waals surface area contributed by atoms with Gasteiger partial charge in [0.25, 0.3) is 0 Å². The van der Waals surface area contributed by atoms with Crippen LogP contribution in [0.1, 0.15) is 40.5 Å². The Bertz CT molecular complexity index is 223. The van der Waals surface area contributed by atoms with Crippen molar-refractivity contribution in [3.05, 3.63) is 11.1 Å². The molecule has 0 spiro atoms. The topological polar surface area (TPSA) is 29.3 Å². The van der Waals surface area contributed by atoms with Gasteiger partial charge in [0, 0.05) is 25.2 Å². The highest BCUT2D eigenvalue weighted by atomic mass is 15.1. The molecule has 0 aliphatic carbocycles. The SMILES string of the molecule is CC1=C(C)CN(CCC(C)(C)N)CC1. The molecule has 0 amide bonds. The van der Waals surface area contributed by atoms with Gasteiger partial charge in [-0.15, -0.1) is 0 Å². The third-order valence-corrected chi connectivity index (χ3v) is 3.06. The van der Waals surface area contributed by atoms with Gasteiger partial charge in [-0.1, -0.05) is 11.1 Å². The zero-order valence-corrected chi connectivity index (χ0v) is 10.1.